The molecule has 1 rings (SSSR count). The van der Waals surface area contributed by atoms with Crippen molar-refractivity contribution in [2.45, 2.75) is 24.0 Å². The van der Waals surface area contributed by atoms with Crippen LogP contribution in [0.1, 0.15) is 13.8 Å². The lowest BCUT2D eigenvalue weighted by Crippen LogP contribution is -1.84. The predicted octanol–water partition coefficient (Wildman–Crippen LogP) is 2.89. The van der Waals surface area contributed by atoms with Crippen molar-refractivity contribution in [1.82, 2.24) is 0 Å². The highest BCUT2D eigenvalue weighted by Gasteiger charge is 1.96. The Morgan fingerprint density at radius 2 is 1.73 bits per heavy atom. The Hall–Kier alpha value is -0.630. The number of hydrogen-bond acceptors (Lipinski definition) is 2. The Balaban J connectivity index is 2.66. The Labute approximate surface area is 71.4 Å². The van der Waals surface area contributed by atoms with Crippen LogP contribution in [-0.4, -0.2) is 10.4 Å². The molecule has 0 aliphatic heterocycles. The number of phenols is 1. The molecule has 60 valence electrons. The predicted molar refractivity (Wildman–Crippen MR) is 49.1 cm³/mol. The summed E-state index contributed by atoms with van der Waals surface area (Å²) >= 11 is 1.80. The van der Waals surface area contributed by atoms with E-state index in [0.29, 0.717) is 11.0 Å². The molecule has 11 heavy (non-hydrogen) atoms. The monoisotopic (exact) mass is 168 g/mol. The minimum atomic E-state index is 0.332. The van der Waals surface area contributed by atoms with E-state index >= 15 is 0 Å². The van der Waals surface area contributed by atoms with Gasteiger partial charge < -0.3 is 5.11 Å². The molecule has 0 saturated carbocycles. The van der Waals surface area contributed by atoms with Gasteiger partial charge in [-0.1, -0.05) is 13.8 Å². The molecule has 0 bridgehead atoms. The van der Waals surface area contributed by atoms with E-state index in [1.54, 1.807) is 23.9 Å². The lowest BCUT2D eigenvalue weighted by Gasteiger charge is -2.03. The number of phenolic OH excluding ortho intramolecular Hbond substituents is 1. The molecule has 0 aromatic heterocycles. The first-order chi connectivity index (χ1) is 5.18. The van der Waals surface area contributed by atoms with Crippen LogP contribution in [-0.2, 0) is 0 Å². The largest absolute Gasteiger partial charge is 0.508 e. The summed E-state index contributed by atoms with van der Waals surface area (Å²) < 4.78 is 0. The molecule has 0 radical (unpaired) electrons. The number of thioether (sulfide) groups is 1. The topological polar surface area (TPSA) is 20.2 Å². The second-order valence-electron chi connectivity index (χ2n) is 2.66. The van der Waals surface area contributed by atoms with Crippen LogP contribution in [0, 0.1) is 0 Å². The highest BCUT2D eigenvalue weighted by molar-refractivity contribution is 7.99. The second-order valence-corrected chi connectivity index (χ2v) is 4.31. The minimum absolute atomic E-state index is 0.332. The third-order valence-electron chi connectivity index (χ3n) is 1.21. The molecule has 0 saturated heterocycles. The molecule has 0 heterocycles. The van der Waals surface area contributed by atoms with Gasteiger partial charge in [-0.25, -0.2) is 0 Å². The molecular formula is C9H12OS. The average molecular weight is 168 g/mol. The van der Waals surface area contributed by atoms with Crippen molar-refractivity contribution in [3.63, 3.8) is 0 Å². The quantitative estimate of drug-likeness (QED) is 0.685. The number of hydrogen-bond donors (Lipinski definition) is 1. The van der Waals surface area contributed by atoms with Gasteiger partial charge >= 0.3 is 0 Å². The Bertz CT molecular complexity index is 216. The van der Waals surface area contributed by atoms with E-state index < -0.39 is 0 Å². The zero-order valence-corrected chi connectivity index (χ0v) is 7.56. The molecule has 0 fully saturated rings. The van der Waals surface area contributed by atoms with Crippen LogP contribution in [0.2, 0.25) is 0 Å². The van der Waals surface area contributed by atoms with Crippen molar-refractivity contribution in [3.8, 4) is 5.75 Å². The molecule has 2 heteroatoms. The van der Waals surface area contributed by atoms with Gasteiger partial charge in [0.1, 0.15) is 5.75 Å². The maximum atomic E-state index is 8.98. The summed E-state index contributed by atoms with van der Waals surface area (Å²) in [6.45, 7) is 4.30. The van der Waals surface area contributed by atoms with Gasteiger partial charge in [-0.05, 0) is 24.3 Å². The molecule has 0 spiro atoms. The normalized spacial score (nSPS) is 10.5. The van der Waals surface area contributed by atoms with E-state index in [2.05, 4.69) is 13.8 Å². The lowest BCUT2D eigenvalue weighted by atomic mass is 10.3. The van der Waals surface area contributed by atoms with Crippen molar-refractivity contribution in [2.24, 2.45) is 0 Å². The fourth-order valence-corrected chi connectivity index (χ4v) is 1.63. The van der Waals surface area contributed by atoms with E-state index in [9.17, 15) is 0 Å². The summed E-state index contributed by atoms with van der Waals surface area (Å²) in [5, 5.41) is 9.58. The van der Waals surface area contributed by atoms with Gasteiger partial charge in [-0.15, -0.1) is 11.8 Å². The van der Waals surface area contributed by atoms with Crippen molar-refractivity contribution in [3.05, 3.63) is 24.3 Å². The summed E-state index contributed by atoms with van der Waals surface area (Å²) in [4.78, 5) is 1.21. The highest BCUT2D eigenvalue weighted by Crippen LogP contribution is 2.24. The maximum Gasteiger partial charge on any atom is 0.115 e. The first-order valence-electron chi connectivity index (χ1n) is 3.64. The van der Waals surface area contributed by atoms with Crippen LogP contribution in [0.4, 0.5) is 0 Å². The van der Waals surface area contributed by atoms with Gasteiger partial charge in [0, 0.05) is 10.1 Å². The third kappa shape index (κ3) is 2.85. The van der Waals surface area contributed by atoms with Crippen LogP contribution < -0.4 is 0 Å². The van der Waals surface area contributed by atoms with E-state index in [4.69, 9.17) is 5.11 Å². The zero-order valence-electron chi connectivity index (χ0n) is 6.74. The van der Waals surface area contributed by atoms with Gasteiger partial charge in [0.2, 0.25) is 0 Å². The first kappa shape index (κ1) is 8.47. The number of benzene rings is 1. The van der Waals surface area contributed by atoms with Crippen LogP contribution >= 0.6 is 11.8 Å². The smallest absolute Gasteiger partial charge is 0.115 e. The van der Waals surface area contributed by atoms with Gasteiger partial charge in [0.25, 0.3) is 0 Å². The van der Waals surface area contributed by atoms with Gasteiger partial charge in [-0.3, -0.25) is 0 Å². The summed E-state index contributed by atoms with van der Waals surface area (Å²) in [5.41, 5.74) is 0. The van der Waals surface area contributed by atoms with Crippen molar-refractivity contribution < 1.29 is 5.11 Å². The summed E-state index contributed by atoms with van der Waals surface area (Å²) in [7, 11) is 0. The Kier molecular flexibility index (Phi) is 2.83. The fourth-order valence-electron chi connectivity index (χ4n) is 0.797. The molecule has 0 atom stereocenters. The molecule has 0 unspecified atom stereocenters. The number of aromatic hydroxyl groups is 1. The Morgan fingerprint density at radius 3 is 2.18 bits per heavy atom. The molecule has 1 aromatic rings. The molecule has 1 N–H and O–H groups in total. The van der Waals surface area contributed by atoms with Gasteiger partial charge in [0.15, 0.2) is 0 Å². The first-order valence-corrected chi connectivity index (χ1v) is 4.52. The molecular weight excluding hydrogens is 156 g/mol. The molecule has 1 aromatic carbocycles. The van der Waals surface area contributed by atoms with Crippen LogP contribution in [0.3, 0.4) is 0 Å². The summed E-state index contributed by atoms with van der Waals surface area (Å²) in [6.07, 6.45) is 0. The van der Waals surface area contributed by atoms with Gasteiger partial charge in [0.05, 0.1) is 0 Å². The lowest BCUT2D eigenvalue weighted by molar-refractivity contribution is 0.475. The van der Waals surface area contributed by atoms with E-state index in [0.717, 1.165) is 0 Å². The van der Waals surface area contributed by atoms with Crippen LogP contribution in [0.15, 0.2) is 29.2 Å². The van der Waals surface area contributed by atoms with E-state index in [1.165, 1.54) is 4.90 Å². The molecule has 0 amide bonds. The highest BCUT2D eigenvalue weighted by atomic mass is 32.2. The maximum absolute atomic E-state index is 8.98. The second kappa shape index (κ2) is 3.67. The van der Waals surface area contributed by atoms with E-state index in [-0.39, 0.29) is 0 Å². The third-order valence-corrected chi connectivity index (χ3v) is 2.22. The van der Waals surface area contributed by atoms with Crippen LogP contribution in [0.25, 0.3) is 0 Å². The van der Waals surface area contributed by atoms with Gasteiger partial charge in [-0.2, -0.15) is 0 Å². The minimum Gasteiger partial charge on any atom is -0.508 e. The number of rotatable bonds is 2. The zero-order chi connectivity index (χ0) is 8.27. The SMILES string of the molecule is CC(C)Sc1ccc(O)cc1. The van der Waals surface area contributed by atoms with Crippen molar-refractivity contribution in [1.29, 1.82) is 0 Å². The summed E-state index contributed by atoms with van der Waals surface area (Å²) in [5.74, 6) is 0.332. The van der Waals surface area contributed by atoms with E-state index in [1.807, 2.05) is 12.1 Å². The molecule has 0 aliphatic rings. The van der Waals surface area contributed by atoms with Crippen molar-refractivity contribution in [2.75, 3.05) is 0 Å². The standard InChI is InChI=1S/C9H12OS/c1-7(2)11-9-5-3-8(10)4-6-9/h3-7,10H,1-2H3. The van der Waals surface area contributed by atoms with Crippen molar-refractivity contribution >= 4 is 11.8 Å². The van der Waals surface area contributed by atoms with Crippen LogP contribution in [0.5, 0.6) is 5.75 Å². The average Bonchev–Trinajstić information content (AvgIpc) is 1.93. The Morgan fingerprint density at radius 1 is 1.18 bits per heavy atom. The summed E-state index contributed by atoms with van der Waals surface area (Å²) in [6, 6.07) is 7.29. The fraction of sp³-hybridized carbons (Fsp3) is 0.333. The molecule has 1 nitrogen and oxygen atoms in total. The molecule has 0 aliphatic carbocycles.